The molecule has 1 aromatic rings. The minimum atomic E-state index is -0.674. The zero-order valence-corrected chi connectivity index (χ0v) is 16.8. The van der Waals surface area contributed by atoms with E-state index in [1.807, 2.05) is 35.7 Å². The van der Waals surface area contributed by atoms with Gasteiger partial charge in [0, 0.05) is 5.54 Å². The molecular weight excluding hydrogens is 372 g/mol. The van der Waals surface area contributed by atoms with Crippen molar-refractivity contribution in [2.45, 2.75) is 37.3 Å². The van der Waals surface area contributed by atoms with E-state index >= 15 is 0 Å². The molecule has 1 aromatic carbocycles. The van der Waals surface area contributed by atoms with Crippen LogP contribution in [0.4, 0.5) is 4.79 Å². The fraction of sp³-hybridized carbons (Fsp3) is 0.500. The molecule has 2 N–H and O–H groups in total. The minimum Gasteiger partial charge on any atom is -0.452 e. The average molecular weight is 397 g/mol. The lowest BCUT2D eigenvalue weighted by Crippen LogP contribution is -2.49. The molecule has 0 saturated carbocycles. The lowest BCUT2D eigenvalue weighted by Gasteiger charge is -2.21. The van der Waals surface area contributed by atoms with Gasteiger partial charge in [-0.25, -0.2) is 9.59 Å². The molecule has 0 atom stereocenters. The molecule has 3 amide bonds. The summed E-state index contributed by atoms with van der Waals surface area (Å²) in [6.07, 6.45) is 1.23. The van der Waals surface area contributed by atoms with Crippen LogP contribution in [-0.4, -0.2) is 41.6 Å². The van der Waals surface area contributed by atoms with Gasteiger partial charge in [-0.1, -0.05) is 12.1 Å². The van der Waals surface area contributed by atoms with Crippen molar-refractivity contribution in [2.75, 3.05) is 18.1 Å². The lowest BCUT2D eigenvalue weighted by molar-refractivity contribution is -0.123. The average Bonchev–Trinajstić information content (AvgIpc) is 2.59. The number of rotatable bonds is 4. The van der Waals surface area contributed by atoms with Crippen molar-refractivity contribution >= 4 is 41.4 Å². The van der Waals surface area contributed by atoms with Crippen molar-refractivity contribution in [1.29, 1.82) is 0 Å². The standard InChI is InChI=1S/C18H24N2O4S2/c1-18(2,3)20-17(23)19-14(21)11-24-15(22)12-5-7-13(8-6-12)16-25-9-4-10-26-16/h5-8,16H,4,9-11H2,1-3H3,(H2,19,20,21,23). The van der Waals surface area contributed by atoms with Gasteiger partial charge in [0.15, 0.2) is 6.61 Å². The van der Waals surface area contributed by atoms with Gasteiger partial charge in [0.1, 0.15) is 0 Å². The third-order valence-electron chi connectivity index (χ3n) is 3.32. The van der Waals surface area contributed by atoms with Crippen LogP contribution >= 0.6 is 23.5 Å². The summed E-state index contributed by atoms with van der Waals surface area (Å²) in [5.74, 6) is 1.04. The molecule has 1 heterocycles. The first-order valence-electron chi connectivity index (χ1n) is 8.37. The molecule has 8 heteroatoms. The van der Waals surface area contributed by atoms with E-state index in [1.165, 1.54) is 12.0 Å². The van der Waals surface area contributed by atoms with Crippen molar-refractivity contribution in [2.24, 2.45) is 0 Å². The molecule has 142 valence electrons. The summed E-state index contributed by atoms with van der Waals surface area (Å²) < 4.78 is 5.37. The van der Waals surface area contributed by atoms with Crippen LogP contribution in [0.3, 0.4) is 0 Å². The van der Waals surface area contributed by atoms with Gasteiger partial charge >= 0.3 is 12.0 Å². The Morgan fingerprint density at radius 1 is 1.12 bits per heavy atom. The summed E-state index contributed by atoms with van der Waals surface area (Å²) in [6, 6.07) is 6.63. The second-order valence-electron chi connectivity index (χ2n) is 6.88. The molecule has 26 heavy (non-hydrogen) atoms. The first kappa shape index (κ1) is 20.6. The number of thioether (sulfide) groups is 2. The van der Waals surface area contributed by atoms with Gasteiger partial charge in [-0.05, 0) is 56.4 Å². The number of carbonyl (C=O) groups is 3. The number of hydrogen-bond acceptors (Lipinski definition) is 6. The Kier molecular flexibility index (Phi) is 7.40. The molecule has 1 aliphatic heterocycles. The van der Waals surface area contributed by atoms with E-state index in [-0.39, 0.29) is 0 Å². The van der Waals surface area contributed by atoms with Gasteiger partial charge in [-0.3, -0.25) is 10.1 Å². The van der Waals surface area contributed by atoms with E-state index in [0.717, 1.165) is 11.5 Å². The van der Waals surface area contributed by atoms with E-state index in [4.69, 9.17) is 4.74 Å². The quantitative estimate of drug-likeness (QED) is 0.760. The highest BCUT2D eigenvalue weighted by Crippen LogP contribution is 2.43. The summed E-state index contributed by atoms with van der Waals surface area (Å²) in [5.41, 5.74) is 1.09. The minimum absolute atomic E-state index is 0.381. The molecule has 0 aromatic heterocycles. The number of imide groups is 1. The Hall–Kier alpha value is -1.67. The molecule has 1 aliphatic rings. The molecule has 0 spiro atoms. The zero-order chi connectivity index (χ0) is 19.2. The molecule has 6 nitrogen and oxygen atoms in total. The van der Waals surface area contributed by atoms with Gasteiger partial charge in [0.2, 0.25) is 0 Å². The Morgan fingerprint density at radius 2 is 1.73 bits per heavy atom. The fourth-order valence-electron chi connectivity index (χ4n) is 2.21. The second-order valence-corrected chi connectivity index (χ2v) is 9.60. The molecular formula is C18H24N2O4S2. The van der Waals surface area contributed by atoms with Gasteiger partial charge < -0.3 is 10.1 Å². The van der Waals surface area contributed by atoms with Crippen LogP contribution < -0.4 is 10.6 Å². The van der Waals surface area contributed by atoms with E-state index in [2.05, 4.69) is 10.6 Å². The number of benzene rings is 1. The largest absolute Gasteiger partial charge is 0.452 e. The number of esters is 1. The van der Waals surface area contributed by atoms with Crippen LogP contribution in [0.15, 0.2) is 24.3 Å². The molecule has 1 fully saturated rings. The lowest BCUT2D eigenvalue weighted by atomic mass is 10.1. The monoisotopic (exact) mass is 396 g/mol. The van der Waals surface area contributed by atoms with Gasteiger partial charge in [-0.2, -0.15) is 0 Å². The van der Waals surface area contributed by atoms with E-state index in [9.17, 15) is 14.4 Å². The molecule has 1 saturated heterocycles. The maximum absolute atomic E-state index is 12.0. The summed E-state index contributed by atoms with van der Waals surface area (Å²) in [7, 11) is 0. The van der Waals surface area contributed by atoms with Gasteiger partial charge in [0.05, 0.1) is 10.1 Å². The van der Waals surface area contributed by atoms with E-state index < -0.39 is 30.1 Å². The normalized spacial score (nSPS) is 15.2. The van der Waals surface area contributed by atoms with Crippen LogP contribution in [-0.2, 0) is 9.53 Å². The Morgan fingerprint density at radius 3 is 2.31 bits per heavy atom. The van der Waals surface area contributed by atoms with Gasteiger partial charge in [-0.15, -0.1) is 23.5 Å². The van der Waals surface area contributed by atoms with Crippen LogP contribution in [0.1, 0.15) is 47.7 Å². The molecule has 0 aliphatic carbocycles. The summed E-state index contributed by atoms with van der Waals surface area (Å²) in [5, 5.41) is 4.72. The highest BCUT2D eigenvalue weighted by Gasteiger charge is 2.19. The summed E-state index contributed by atoms with van der Waals surface area (Å²) >= 11 is 3.82. The first-order valence-corrected chi connectivity index (χ1v) is 10.5. The molecule has 0 bridgehead atoms. The van der Waals surface area contributed by atoms with Crippen LogP contribution in [0, 0.1) is 0 Å². The number of hydrogen-bond donors (Lipinski definition) is 2. The Labute approximate surface area is 162 Å². The Bertz CT molecular complexity index is 650. The summed E-state index contributed by atoms with van der Waals surface area (Å²) in [4.78, 5) is 35.3. The van der Waals surface area contributed by atoms with E-state index in [1.54, 1.807) is 32.9 Å². The second kappa shape index (κ2) is 9.32. The maximum atomic E-state index is 12.0. The van der Waals surface area contributed by atoms with E-state index in [0.29, 0.717) is 10.1 Å². The van der Waals surface area contributed by atoms with Crippen LogP contribution in [0.25, 0.3) is 0 Å². The van der Waals surface area contributed by atoms with Crippen molar-refractivity contribution < 1.29 is 19.1 Å². The predicted octanol–water partition coefficient (Wildman–Crippen LogP) is 3.34. The Balaban J connectivity index is 1.80. The van der Waals surface area contributed by atoms with Gasteiger partial charge in [0.25, 0.3) is 5.91 Å². The van der Waals surface area contributed by atoms with Crippen molar-refractivity contribution in [3.05, 3.63) is 35.4 Å². The number of ether oxygens (including phenoxy) is 1. The SMILES string of the molecule is CC(C)(C)NC(=O)NC(=O)COC(=O)c1ccc(C2SCCCS2)cc1. The summed E-state index contributed by atoms with van der Waals surface area (Å²) in [6.45, 7) is 4.88. The molecule has 2 rings (SSSR count). The van der Waals surface area contributed by atoms with Crippen molar-refractivity contribution in [3.63, 3.8) is 0 Å². The topological polar surface area (TPSA) is 84.5 Å². The number of urea groups is 1. The maximum Gasteiger partial charge on any atom is 0.338 e. The highest BCUT2D eigenvalue weighted by atomic mass is 32.2. The van der Waals surface area contributed by atoms with Crippen molar-refractivity contribution in [1.82, 2.24) is 10.6 Å². The predicted molar refractivity (Wildman–Crippen MR) is 105 cm³/mol. The third-order valence-corrected chi connectivity index (χ3v) is 6.34. The molecule has 0 radical (unpaired) electrons. The highest BCUT2D eigenvalue weighted by molar-refractivity contribution is 8.16. The smallest absolute Gasteiger partial charge is 0.338 e. The number of carbonyl (C=O) groups excluding carboxylic acids is 3. The molecule has 0 unspecified atom stereocenters. The van der Waals surface area contributed by atoms with Crippen LogP contribution in [0.5, 0.6) is 0 Å². The first-order chi connectivity index (χ1) is 12.2. The zero-order valence-electron chi connectivity index (χ0n) is 15.2. The van der Waals surface area contributed by atoms with Crippen LogP contribution in [0.2, 0.25) is 0 Å². The number of nitrogens with one attached hydrogen (secondary N) is 2. The number of amides is 3. The fourth-order valence-corrected chi connectivity index (χ4v) is 5.10. The van der Waals surface area contributed by atoms with Crippen molar-refractivity contribution in [3.8, 4) is 0 Å². The third kappa shape index (κ3) is 6.92.